The molecule has 0 saturated carbocycles. The SMILES string of the molecule is C1#Cc2ccc(cc2)-c2ccc(cc2)-c2ccc(cc2)-c2ccc(cc2)-c2ccc(cc2)-c2ccc(cc2)-c2ccc(cc2)-c2ccc(cc2)-c2ccc(cc2)-c2ccc(cc2)-c2ccc(cc2)C#C1. The molecule has 0 heterocycles. The van der Waals surface area contributed by atoms with Crippen molar-refractivity contribution in [2.45, 2.75) is 0 Å². The molecule has 11 aromatic carbocycles. The molecule has 0 atom stereocenters. The first-order valence-corrected chi connectivity index (χ1v) is 23.8. The van der Waals surface area contributed by atoms with Crippen molar-refractivity contribution >= 4 is 0 Å². The first kappa shape index (κ1) is 41.9. The van der Waals surface area contributed by atoms with E-state index in [0.29, 0.717) is 0 Å². The molecule has 17 aliphatic rings. The summed E-state index contributed by atoms with van der Waals surface area (Å²) in [5, 5.41) is 0. The van der Waals surface area contributed by atoms with Crippen LogP contribution in [0.2, 0.25) is 0 Å². The van der Waals surface area contributed by atoms with Crippen LogP contribution >= 0.6 is 0 Å². The minimum atomic E-state index is 0.937. The van der Waals surface area contributed by atoms with Gasteiger partial charge in [0.05, 0.1) is 0 Å². The van der Waals surface area contributed by atoms with Gasteiger partial charge in [-0.05, 0) is 147 Å². The van der Waals surface area contributed by atoms with Crippen LogP contribution in [-0.4, -0.2) is 0 Å². The van der Waals surface area contributed by atoms with Gasteiger partial charge in [-0.1, -0.05) is 254 Å². The van der Waals surface area contributed by atoms with E-state index in [4.69, 9.17) is 0 Å². The second-order valence-electron chi connectivity index (χ2n) is 17.9. The van der Waals surface area contributed by atoms with E-state index in [1.807, 2.05) is 0 Å². The minimum absolute atomic E-state index is 0.937. The van der Waals surface area contributed by atoms with Crippen molar-refractivity contribution in [2.75, 3.05) is 0 Å². The Kier molecular flexibility index (Phi) is 11.2. The van der Waals surface area contributed by atoms with E-state index < -0.39 is 0 Å². The number of rotatable bonds is 0. The highest BCUT2D eigenvalue weighted by molar-refractivity contribution is 5.79. The van der Waals surface area contributed by atoms with Gasteiger partial charge in [0.1, 0.15) is 0 Å². The van der Waals surface area contributed by atoms with Crippen molar-refractivity contribution in [3.63, 3.8) is 0 Å². The zero-order valence-electron chi connectivity index (χ0n) is 38.4. The summed E-state index contributed by atoms with van der Waals surface area (Å²) in [5.74, 6) is 12.5. The van der Waals surface area contributed by atoms with Gasteiger partial charge in [0, 0.05) is 11.1 Å². The van der Waals surface area contributed by atoms with Crippen LogP contribution in [0.1, 0.15) is 11.1 Å². The molecule has 0 amide bonds. The maximum absolute atomic E-state index is 3.21. The zero-order chi connectivity index (χ0) is 46.6. The Morgan fingerprint density at radius 1 is 0.114 bits per heavy atom. The van der Waals surface area contributed by atoms with Crippen molar-refractivity contribution in [1.82, 2.24) is 0 Å². The van der Waals surface area contributed by atoms with Gasteiger partial charge in [0.2, 0.25) is 0 Å². The standard InChI is InChI=1S/C70H44/c1-2-4-50-7-11-52(12-8-50)54-15-19-56(20-16-54)58-23-27-60(28-24-58)62-31-35-64(36-32-62)66-39-43-68(44-40-66)70-47-45-69(46-48-70)67-41-37-65(38-42-67)63-33-29-61(30-34-63)59-25-21-57(22-26-59)55-17-13-53(14-18-55)51-9-5-49(3-1)6-10-51/h5-48H. The smallest absolute Gasteiger partial charge is 0.0255 e. The van der Waals surface area contributed by atoms with Gasteiger partial charge in [-0.25, -0.2) is 0 Å². The molecule has 324 valence electrons. The molecule has 0 N–H and O–H groups in total. The summed E-state index contributed by atoms with van der Waals surface area (Å²) in [6.45, 7) is 0. The summed E-state index contributed by atoms with van der Waals surface area (Å²) in [5.41, 5.74) is 25.7. The van der Waals surface area contributed by atoms with Crippen LogP contribution in [0.4, 0.5) is 0 Å². The van der Waals surface area contributed by atoms with Crippen LogP contribution in [0.15, 0.2) is 267 Å². The predicted molar refractivity (Wildman–Crippen MR) is 295 cm³/mol. The summed E-state index contributed by atoms with van der Waals surface area (Å²) in [7, 11) is 0. The largest absolute Gasteiger partial charge is 0.0538 e. The third kappa shape index (κ3) is 8.90. The van der Waals surface area contributed by atoms with Crippen molar-refractivity contribution in [3.05, 3.63) is 278 Å². The van der Waals surface area contributed by atoms with Crippen LogP contribution in [0, 0.1) is 23.7 Å². The molecule has 0 aromatic heterocycles. The van der Waals surface area contributed by atoms with Crippen LogP contribution in [-0.2, 0) is 0 Å². The lowest BCUT2D eigenvalue weighted by molar-refractivity contribution is 1.55. The third-order valence-corrected chi connectivity index (χ3v) is 13.5. The van der Waals surface area contributed by atoms with Crippen molar-refractivity contribution in [1.29, 1.82) is 0 Å². The highest BCUT2D eigenvalue weighted by Crippen LogP contribution is 2.34. The average Bonchev–Trinajstić information content (AvgIpc) is 3.45. The molecular weight excluding hydrogens is 841 g/mol. The predicted octanol–water partition coefficient (Wildman–Crippen LogP) is 18.1. The van der Waals surface area contributed by atoms with Gasteiger partial charge >= 0.3 is 0 Å². The number of hydrogen-bond donors (Lipinski definition) is 0. The maximum Gasteiger partial charge on any atom is 0.0255 e. The van der Waals surface area contributed by atoms with E-state index in [-0.39, 0.29) is 0 Å². The summed E-state index contributed by atoms with van der Waals surface area (Å²) >= 11 is 0. The fraction of sp³-hybridized carbons (Fsp3) is 0. The van der Waals surface area contributed by atoms with Crippen molar-refractivity contribution < 1.29 is 0 Å². The fourth-order valence-corrected chi connectivity index (χ4v) is 9.40. The second kappa shape index (κ2) is 18.7. The molecular formula is C70H44. The third-order valence-electron chi connectivity index (χ3n) is 13.5. The Hall–Kier alpha value is -9.46. The molecule has 0 aliphatic heterocycles. The Balaban J connectivity index is 0.807. The second-order valence-corrected chi connectivity index (χ2v) is 17.9. The molecule has 0 nitrogen and oxygen atoms in total. The molecule has 17 aliphatic carbocycles. The maximum atomic E-state index is 3.21. The van der Waals surface area contributed by atoms with Gasteiger partial charge in [-0.2, -0.15) is 0 Å². The first-order chi connectivity index (χ1) is 34.6. The van der Waals surface area contributed by atoms with E-state index in [0.717, 1.165) is 22.3 Å². The molecule has 0 radical (unpaired) electrons. The quantitative estimate of drug-likeness (QED) is 0.133. The van der Waals surface area contributed by atoms with E-state index in [1.165, 1.54) is 100 Å². The van der Waals surface area contributed by atoms with E-state index in [1.54, 1.807) is 0 Å². The molecule has 70 heavy (non-hydrogen) atoms. The monoisotopic (exact) mass is 884 g/mol. The van der Waals surface area contributed by atoms with E-state index >= 15 is 0 Å². The van der Waals surface area contributed by atoms with Gasteiger partial charge in [-0.3, -0.25) is 0 Å². The van der Waals surface area contributed by atoms with Crippen LogP contribution < -0.4 is 0 Å². The molecule has 0 heteroatoms. The zero-order valence-corrected chi connectivity index (χ0v) is 38.4. The van der Waals surface area contributed by atoms with E-state index in [2.05, 4.69) is 291 Å². The van der Waals surface area contributed by atoms with Gasteiger partial charge < -0.3 is 0 Å². The number of fused-ring (bicyclic) bond motifs is 1. The van der Waals surface area contributed by atoms with Gasteiger partial charge in [0.15, 0.2) is 0 Å². The Bertz CT molecular complexity index is 3470. The number of benzene rings is 11. The normalized spacial score (nSPS) is 11.1. The number of hydrogen-bond acceptors (Lipinski definition) is 0. The van der Waals surface area contributed by atoms with Gasteiger partial charge in [0.25, 0.3) is 0 Å². The van der Waals surface area contributed by atoms with E-state index in [9.17, 15) is 0 Å². The average molecular weight is 885 g/mol. The summed E-state index contributed by atoms with van der Waals surface area (Å²) in [6, 6.07) is 96.5. The molecule has 28 rings (SSSR count). The first-order valence-electron chi connectivity index (χ1n) is 23.8. The summed E-state index contributed by atoms with van der Waals surface area (Å²) < 4.78 is 0. The highest BCUT2D eigenvalue weighted by atomic mass is 14.1. The minimum Gasteiger partial charge on any atom is -0.0538 e. The van der Waals surface area contributed by atoms with Crippen LogP contribution in [0.3, 0.4) is 0 Å². The lowest BCUT2D eigenvalue weighted by atomic mass is 9.95. The molecule has 0 unspecified atom stereocenters. The van der Waals surface area contributed by atoms with Crippen LogP contribution in [0.25, 0.3) is 111 Å². The summed E-state index contributed by atoms with van der Waals surface area (Å²) in [6.07, 6.45) is 0. The molecule has 0 spiro atoms. The van der Waals surface area contributed by atoms with Crippen molar-refractivity contribution in [3.8, 4) is 135 Å². The lowest BCUT2D eigenvalue weighted by Crippen LogP contribution is -1.84. The Morgan fingerprint density at radius 2 is 0.200 bits per heavy atom. The fourth-order valence-electron chi connectivity index (χ4n) is 9.40. The Labute approximate surface area is 410 Å². The molecule has 22 bridgehead atoms. The topological polar surface area (TPSA) is 0 Å². The summed E-state index contributed by atoms with van der Waals surface area (Å²) in [4.78, 5) is 0. The van der Waals surface area contributed by atoms with Crippen molar-refractivity contribution in [2.24, 2.45) is 0 Å². The molecule has 0 saturated heterocycles. The van der Waals surface area contributed by atoms with Gasteiger partial charge in [-0.15, -0.1) is 0 Å². The van der Waals surface area contributed by atoms with Crippen LogP contribution in [0.5, 0.6) is 0 Å². The molecule has 0 fully saturated rings. The molecule has 11 aromatic rings. The highest BCUT2D eigenvalue weighted by Gasteiger charge is 2.09. The Morgan fingerprint density at radius 3 is 0.300 bits per heavy atom. The lowest BCUT2D eigenvalue weighted by Gasteiger charge is -2.10.